The Morgan fingerprint density at radius 3 is 2.50 bits per heavy atom. The van der Waals surface area contributed by atoms with Crippen LogP contribution in [0.25, 0.3) is 0 Å². The molecule has 0 N–H and O–H groups in total. The molecule has 0 bridgehead atoms. The fourth-order valence-corrected chi connectivity index (χ4v) is 2.50. The van der Waals surface area contributed by atoms with Gasteiger partial charge in [0.15, 0.2) is 0 Å². The summed E-state index contributed by atoms with van der Waals surface area (Å²) < 4.78 is 11.1. The molecule has 1 saturated heterocycles. The van der Waals surface area contributed by atoms with E-state index in [2.05, 4.69) is 6.92 Å². The first-order valence-electron chi connectivity index (χ1n) is 7.13. The summed E-state index contributed by atoms with van der Waals surface area (Å²) in [4.78, 5) is 13.8. The Morgan fingerprint density at radius 2 is 2.00 bits per heavy atom. The zero-order valence-electron chi connectivity index (χ0n) is 11.8. The van der Waals surface area contributed by atoms with Gasteiger partial charge >= 0.3 is 6.09 Å². The summed E-state index contributed by atoms with van der Waals surface area (Å²) in [6, 6.07) is 0. The van der Waals surface area contributed by atoms with E-state index in [1.165, 1.54) is 0 Å². The molecule has 2 fully saturated rings. The normalized spacial score (nSPS) is 24.7. The van der Waals surface area contributed by atoms with Crippen molar-refractivity contribution in [1.29, 1.82) is 0 Å². The zero-order chi connectivity index (χ0) is 13.2. The number of rotatable bonds is 4. The Hall–Kier alpha value is -0.770. The monoisotopic (exact) mass is 255 g/mol. The number of hydrogen-bond acceptors (Lipinski definition) is 3. The van der Waals surface area contributed by atoms with Crippen molar-refractivity contribution in [2.45, 2.75) is 58.2 Å². The quantitative estimate of drug-likeness (QED) is 0.775. The van der Waals surface area contributed by atoms with Crippen LogP contribution >= 0.6 is 0 Å². The summed E-state index contributed by atoms with van der Waals surface area (Å²) in [6.45, 7) is 8.54. The van der Waals surface area contributed by atoms with Crippen molar-refractivity contribution in [3.63, 3.8) is 0 Å². The summed E-state index contributed by atoms with van der Waals surface area (Å²) in [5.41, 5.74) is -0.160. The number of amides is 1. The standard InChI is InChI=1S/C14H25NO3/c1-4-17-11(2)12-5-9-15(10-6-12)13(16)18-14(3)7-8-14/h11-12H,4-10H2,1-3H3. The summed E-state index contributed by atoms with van der Waals surface area (Å²) in [6.07, 6.45) is 4.24. The molecule has 1 amide bonds. The number of carbonyl (C=O) groups excluding carboxylic acids is 1. The van der Waals surface area contributed by atoms with Gasteiger partial charge in [-0.15, -0.1) is 0 Å². The molecule has 4 heteroatoms. The lowest BCUT2D eigenvalue weighted by Crippen LogP contribution is -2.42. The Bertz CT molecular complexity index is 293. The van der Waals surface area contributed by atoms with Crippen molar-refractivity contribution in [2.24, 2.45) is 5.92 Å². The third-order valence-electron chi connectivity index (χ3n) is 4.18. The van der Waals surface area contributed by atoms with E-state index in [9.17, 15) is 4.79 Å². The highest BCUT2D eigenvalue weighted by Crippen LogP contribution is 2.39. The van der Waals surface area contributed by atoms with E-state index in [1.54, 1.807) is 0 Å². The molecule has 18 heavy (non-hydrogen) atoms. The highest BCUT2D eigenvalue weighted by atomic mass is 16.6. The van der Waals surface area contributed by atoms with E-state index in [0.717, 1.165) is 45.4 Å². The summed E-state index contributed by atoms with van der Waals surface area (Å²) in [5.74, 6) is 0.575. The molecule has 1 atom stereocenters. The number of hydrogen-bond donors (Lipinski definition) is 0. The molecule has 0 aromatic carbocycles. The largest absolute Gasteiger partial charge is 0.443 e. The summed E-state index contributed by atoms with van der Waals surface area (Å²) in [7, 11) is 0. The molecule has 1 aliphatic heterocycles. The smallest absolute Gasteiger partial charge is 0.410 e. The second-order valence-electron chi connectivity index (χ2n) is 5.80. The molecule has 1 aliphatic carbocycles. The summed E-state index contributed by atoms with van der Waals surface area (Å²) >= 11 is 0. The van der Waals surface area contributed by atoms with Gasteiger partial charge in [-0.2, -0.15) is 0 Å². The van der Waals surface area contributed by atoms with E-state index in [-0.39, 0.29) is 11.7 Å². The Balaban J connectivity index is 1.74. The van der Waals surface area contributed by atoms with Crippen molar-refractivity contribution >= 4 is 6.09 Å². The minimum absolute atomic E-state index is 0.127. The van der Waals surface area contributed by atoms with Gasteiger partial charge < -0.3 is 14.4 Å². The van der Waals surface area contributed by atoms with E-state index < -0.39 is 0 Å². The van der Waals surface area contributed by atoms with Gasteiger partial charge in [-0.25, -0.2) is 4.79 Å². The highest BCUT2D eigenvalue weighted by molar-refractivity contribution is 5.68. The second-order valence-corrected chi connectivity index (χ2v) is 5.80. The van der Waals surface area contributed by atoms with Crippen molar-refractivity contribution in [1.82, 2.24) is 4.90 Å². The molecule has 2 rings (SSSR count). The van der Waals surface area contributed by atoms with Crippen LogP contribution in [0, 0.1) is 5.92 Å². The Labute approximate surface area is 110 Å². The van der Waals surface area contributed by atoms with E-state index in [1.807, 2.05) is 18.7 Å². The van der Waals surface area contributed by atoms with Crippen LogP contribution in [0.3, 0.4) is 0 Å². The van der Waals surface area contributed by atoms with Crippen LogP contribution in [-0.2, 0) is 9.47 Å². The number of carbonyl (C=O) groups is 1. The van der Waals surface area contributed by atoms with E-state index in [4.69, 9.17) is 9.47 Å². The maximum Gasteiger partial charge on any atom is 0.410 e. The van der Waals surface area contributed by atoms with Gasteiger partial charge in [0.05, 0.1) is 6.10 Å². The topological polar surface area (TPSA) is 38.8 Å². The molecule has 0 aromatic rings. The SMILES string of the molecule is CCOC(C)C1CCN(C(=O)OC2(C)CC2)CC1. The van der Waals surface area contributed by atoms with Gasteiger partial charge in [0, 0.05) is 19.7 Å². The average Bonchev–Trinajstić information content (AvgIpc) is 3.07. The molecule has 1 heterocycles. The molecule has 0 spiro atoms. The van der Waals surface area contributed by atoms with Crippen molar-refractivity contribution < 1.29 is 14.3 Å². The van der Waals surface area contributed by atoms with Crippen LogP contribution in [0.1, 0.15) is 46.5 Å². The molecule has 1 unspecified atom stereocenters. The van der Waals surface area contributed by atoms with Gasteiger partial charge in [0.25, 0.3) is 0 Å². The fraction of sp³-hybridized carbons (Fsp3) is 0.929. The minimum atomic E-state index is -0.160. The van der Waals surface area contributed by atoms with Gasteiger partial charge in [-0.1, -0.05) is 0 Å². The second kappa shape index (κ2) is 5.47. The molecular formula is C14H25NO3. The summed E-state index contributed by atoms with van der Waals surface area (Å²) in [5, 5.41) is 0. The van der Waals surface area contributed by atoms with Crippen molar-refractivity contribution in [3.05, 3.63) is 0 Å². The predicted molar refractivity (Wildman–Crippen MR) is 69.5 cm³/mol. The molecular weight excluding hydrogens is 230 g/mol. The lowest BCUT2D eigenvalue weighted by Gasteiger charge is -2.34. The number of likely N-dealkylation sites (tertiary alicyclic amines) is 1. The maximum atomic E-state index is 11.9. The lowest BCUT2D eigenvalue weighted by atomic mass is 9.92. The third-order valence-corrected chi connectivity index (χ3v) is 4.18. The molecule has 1 saturated carbocycles. The van der Waals surface area contributed by atoms with Gasteiger partial charge in [-0.05, 0) is 52.4 Å². The van der Waals surface area contributed by atoms with Crippen molar-refractivity contribution in [3.8, 4) is 0 Å². The third kappa shape index (κ3) is 3.37. The van der Waals surface area contributed by atoms with Crippen LogP contribution in [-0.4, -0.2) is 42.4 Å². The molecule has 0 aromatic heterocycles. The molecule has 2 aliphatic rings. The molecule has 0 radical (unpaired) electrons. The lowest BCUT2D eigenvalue weighted by molar-refractivity contribution is 0.00143. The highest BCUT2D eigenvalue weighted by Gasteiger charge is 2.43. The zero-order valence-corrected chi connectivity index (χ0v) is 11.8. The maximum absolute atomic E-state index is 11.9. The van der Waals surface area contributed by atoms with Gasteiger partial charge in [-0.3, -0.25) is 0 Å². The Kier molecular flexibility index (Phi) is 4.15. The average molecular weight is 255 g/mol. The van der Waals surface area contributed by atoms with E-state index >= 15 is 0 Å². The Morgan fingerprint density at radius 1 is 1.39 bits per heavy atom. The van der Waals surface area contributed by atoms with Crippen LogP contribution in [0.5, 0.6) is 0 Å². The van der Waals surface area contributed by atoms with Crippen LogP contribution in [0.2, 0.25) is 0 Å². The predicted octanol–water partition coefficient (Wildman–Crippen LogP) is 2.81. The minimum Gasteiger partial charge on any atom is -0.443 e. The van der Waals surface area contributed by atoms with Crippen LogP contribution in [0.15, 0.2) is 0 Å². The first-order chi connectivity index (χ1) is 8.54. The van der Waals surface area contributed by atoms with Crippen LogP contribution in [0.4, 0.5) is 4.79 Å². The van der Waals surface area contributed by atoms with Crippen LogP contribution < -0.4 is 0 Å². The van der Waals surface area contributed by atoms with Gasteiger partial charge in [0.2, 0.25) is 0 Å². The fourth-order valence-electron chi connectivity index (χ4n) is 2.50. The molecule has 4 nitrogen and oxygen atoms in total. The first-order valence-corrected chi connectivity index (χ1v) is 7.13. The van der Waals surface area contributed by atoms with Gasteiger partial charge in [0.1, 0.15) is 5.60 Å². The molecule has 104 valence electrons. The number of piperidine rings is 1. The number of ether oxygens (including phenoxy) is 2. The first kappa shape index (κ1) is 13.7. The van der Waals surface area contributed by atoms with Crippen molar-refractivity contribution in [2.75, 3.05) is 19.7 Å². The number of nitrogens with zero attached hydrogens (tertiary/aromatic N) is 1. The van der Waals surface area contributed by atoms with E-state index in [0.29, 0.717) is 12.0 Å².